The predicted molar refractivity (Wildman–Crippen MR) is 86.7 cm³/mol. The first-order chi connectivity index (χ1) is 10.7. The summed E-state index contributed by atoms with van der Waals surface area (Å²) in [5, 5.41) is 5.39. The number of hydrogen-bond donors (Lipinski definition) is 0. The van der Waals surface area contributed by atoms with Gasteiger partial charge >= 0.3 is 0 Å². The summed E-state index contributed by atoms with van der Waals surface area (Å²) in [6.45, 7) is 2.83. The fourth-order valence-electron chi connectivity index (χ4n) is 2.88. The number of aryl methyl sites for hydroxylation is 2. The minimum absolute atomic E-state index is 0.581. The highest BCUT2D eigenvalue weighted by atomic mass is 15.3. The quantitative estimate of drug-likeness (QED) is 0.742. The van der Waals surface area contributed by atoms with Gasteiger partial charge < -0.3 is 4.90 Å². The van der Waals surface area contributed by atoms with Crippen LogP contribution in [0.15, 0.2) is 36.5 Å². The van der Waals surface area contributed by atoms with E-state index < -0.39 is 0 Å². The average molecular weight is 293 g/mol. The van der Waals surface area contributed by atoms with Crippen LogP contribution in [0.1, 0.15) is 24.2 Å². The number of rotatable bonds is 4. The lowest BCUT2D eigenvalue weighted by atomic mass is 10.2. The van der Waals surface area contributed by atoms with Gasteiger partial charge in [0.05, 0.1) is 11.6 Å². The molecule has 5 nitrogen and oxygen atoms in total. The molecule has 22 heavy (non-hydrogen) atoms. The normalized spacial score (nSPS) is 14.5. The van der Waals surface area contributed by atoms with Crippen molar-refractivity contribution in [3.63, 3.8) is 0 Å². The summed E-state index contributed by atoms with van der Waals surface area (Å²) in [7, 11) is 1.93. The molecule has 0 saturated heterocycles. The first kappa shape index (κ1) is 13.2. The van der Waals surface area contributed by atoms with Crippen LogP contribution in [-0.2, 0) is 13.6 Å². The Balaban J connectivity index is 1.80. The summed E-state index contributed by atoms with van der Waals surface area (Å²) in [5.41, 5.74) is 2.21. The highest BCUT2D eigenvalue weighted by Gasteiger charge is 2.31. The fraction of sp³-hybridized carbons (Fsp3) is 0.353. The van der Waals surface area contributed by atoms with Crippen LogP contribution in [0.3, 0.4) is 0 Å². The molecule has 1 aliphatic rings. The Morgan fingerprint density at radius 2 is 1.95 bits per heavy atom. The first-order valence-electron chi connectivity index (χ1n) is 7.69. The first-order valence-corrected chi connectivity index (χ1v) is 7.69. The van der Waals surface area contributed by atoms with Crippen LogP contribution in [-0.4, -0.2) is 25.8 Å². The number of aromatic nitrogens is 4. The van der Waals surface area contributed by atoms with Crippen LogP contribution in [0.25, 0.3) is 11.0 Å². The van der Waals surface area contributed by atoms with Gasteiger partial charge in [0.2, 0.25) is 0 Å². The van der Waals surface area contributed by atoms with Crippen molar-refractivity contribution >= 4 is 16.9 Å². The maximum absolute atomic E-state index is 4.73. The van der Waals surface area contributed by atoms with E-state index >= 15 is 0 Å². The van der Waals surface area contributed by atoms with Crippen molar-refractivity contribution in [2.45, 2.75) is 32.4 Å². The molecule has 1 aromatic carbocycles. The topological polar surface area (TPSA) is 46.8 Å². The van der Waals surface area contributed by atoms with Crippen LogP contribution in [0, 0.1) is 6.92 Å². The molecule has 0 unspecified atom stereocenters. The molecule has 112 valence electrons. The van der Waals surface area contributed by atoms with E-state index in [0.29, 0.717) is 6.04 Å². The summed E-state index contributed by atoms with van der Waals surface area (Å²) in [5.74, 6) is 1.81. The second-order valence-corrected chi connectivity index (χ2v) is 5.94. The minimum Gasteiger partial charge on any atom is -0.349 e. The molecule has 0 amide bonds. The second kappa shape index (κ2) is 5.09. The lowest BCUT2D eigenvalue weighted by Crippen LogP contribution is -2.26. The van der Waals surface area contributed by atoms with Crippen molar-refractivity contribution in [1.82, 2.24) is 19.7 Å². The Morgan fingerprint density at radius 1 is 1.18 bits per heavy atom. The largest absolute Gasteiger partial charge is 0.349 e. The SMILES string of the molecule is Cc1nc(N(Cc2ccccc2)C2CC2)c2cnn(C)c2n1. The minimum atomic E-state index is 0.581. The van der Waals surface area contributed by atoms with E-state index in [4.69, 9.17) is 4.98 Å². The molecule has 5 heteroatoms. The summed E-state index contributed by atoms with van der Waals surface area (Å²) >= 11 is 0. The maximum atomic E-state index is 4.73. The molecule has 1 fully saturated rings. The summed E-state index contributed by atoms with van der Waals surface area (Å²) in [6, 6.07) is 11.2. The molecule has 0 N–H and O–H groups in total. The molecule has 0 radical (unpaired) electrons. The van der Waals surface area contributed by atoms with Crippen molar-refractivity contribution in [3.05, 3.63) is 47.9 Å². The molecule has 0 spiro atoms. The van der Waals surface area contributed by atoms with E-state index in [9.17, 15) is 0 Å². The monoisotopic (exact) mass is 293 g/mol. The molecule has 0 aliphatic heterocycles. The van der Waals surface area contributed by atoms with E-state index in [-0.39, 0.29) is 0 Å². The highest BCUT2D eigenvalue weighted by molar-refractivity contribution is 5.87. The summed E-state index contributed by atoms with van der Waals surface area (Å²) in [6.07, 6.45) is 4.35. The number of fused-ring (bicyclic) bond motifs is 1. The van der Waals surface area contributed by atoms with E-state index in [1.54, 1.807) is 0 Å². The zero-order valence-electron chi connectivity index (χ0n) is 12.9. The Morgan fingerprint density at radius 3 is 2.68 bits per heavy atom. The van der Waals surface area contributed by atoms with Crippen molar-refractivity contribution in [3.8, 4) is 0 Å². The molecule has 4 rings (SSSR count). The summed E-state index contributed by atoms with van der Waals surface area (Å²) < 4.78 is 1.82. The highest BCUT2D eigenvalue weighted by Crippen LogP contribution is 2.35. The van der Waals surface area contributed by atoms with E-state index in [1.165, 1.54) is 18.4 Å². The predicted octanol–water partition coefficient (Wildman–Crippen LogP) is 2.84. The van der Waals surface area contributed by atoms with Crippen molar-refractivity contribution in [1.29, 1.82) is 0 Å². The molecular formula is C17H19N5. The lowest BCUT2D eigenvalue weighted by molar-refractivity contribution is 0.769. The Bertz CT molecular complexity index is 805. The standard InChI is InChI=1S/C17H19N5/c1-12-19-16-15(10-18-21(16)2)17(20-12)22(14-8-9-14)11-13-6-4-3-5-7-13/h3-7,10,14H,8-9,11H2,1-2H3. The van der Waals surface area contributed by atoms with Crippen LogP contribution in [0.5, 0.6) is 0 Å². The number of benzene rings is 1. The maximum Gasteiger partial charge on any atom is 0.163 e. The van der Waals surface area contributed by atoms with Crippen LogP contribution in [0.2, 0.25) is 0 Å². The van der Waals surface area contributed by atoms with Crippen molar-refractivity contribution in [2.75, 3.05) is 4.90 Å². The number of nitrogens with zero attached hydrogens (tertiary/aromatic N) is 5. The molecule has 2 aromatic heterocycles. The van der Waals surface area contributed by atoms with Gasteiger partial charge in [-0.05, 0) is 25.3 Å². The van der Waals surface area contributed by atoms with E-state index in [2.05, 4.69) is 45.3 Å². The smallest absolute Gasteiger partial charge is 0.163 e. The molecule has 1 aliphatic carbocycles. The van der Waals surface area contributed by atoms with E-state index in [1.807, 2.05) is 24.9 Å². The van der Waals surface area contributed by atoms with Gasteiger partial charge in [-0.3, -0.25) is 4.68 Å². The van der Waals surface area contributed by atoms with Crippen LogP contribution in [0.4, 0.5) is 5.82 Å². The fourth-order valence-corrected chi connectivity index (χ4v) is 2.88. The molecule has 0 atom stereocenters. The molecule has 1 saturated carbocycles. The molecule has 0 bridgehead atoms. The third kappa shape index (κ3) is 2.32. The Labute approximate surface area is 129 Å². The third-order valence-electron chi connectivity index (χ3n) is 4.14. The number of anilines is 1. The van der Waals surface area contributed by atoms with Gasteiger partial charge in [-0.25, -0.2) is 9.97 Å². The van der Waals surface area contributed by atoms with Crippen LogP contribution >= 0.6 is 0 Å². The third-order valence-corrected chi connectivity index (χ3v) is 4.14. The molecular weight excluding hydrogens is 274 g/mol. The average Bonchev–Trinajstić information content (AvgIpc) is 3.30. The second-order valence-electron chi connectivity index (χ2n) is 5.94. The van der Waals surface area contributed by atoms with Gasteiger partial charge in [0, 0.05) is 19.6 Å². The summed E-state index contributed by atoms with van der Waals surface area (Å²) in [4.78, 5) is 11.7. The molecule has 3 aromatic rings. The number of hydrogen-bond acceptors (Lipinski definition) is 4. The van der Waals surface area contributed by atoms with Crippen molar-refractivity contribution in [2.24, 2.45) is 7.05 Å². The zero-order valence-corrected chi connectivity index (χ0v) is 12.9. The van der Waals surface area contributed by atoms with Gasteiger partial charge in [-0.15, -0.1) is 0 Å². The van der Waals surface area contributed by atoms with Crippen molar-refractivity contribution < 1.29 is 0 Å². The van der Waals surface area contributed by atoms with Gasteiger partial charge in [0.1, 0.15) is 11.6 Å². The van der Waals surface area contributed by atoms with Gasteiger partial charge in [-0.1, -0.05) is 30.3 Å². The Kier molecular flexibility index (Phi) is 3.06. The lowest BCUT2D eigenvalue weighted by Gasteiger charge is -2.24. The van der Waals surface area contributed by atoms with E-state index in [0.717, 1.165) is 29.2 Å². The Hall–Kier alpha value is -2.43. The molecule has 2 heterocycles. The van der Waals surface area contributed by atoms with Gasteiger partial charge in [0.25, 0.3) is 0 Å². The van der Waals surface area contributed by atoms with Crippen LogP contribution < -0.4 is 4.90 Å². The van der Waals surface area contributed by atoms with Gasteiger partial charge in [-0.2, -0.15) is 5.10 Å². The van der Waals surface area contributed by atoms with Gasteiger partial charge in [0.15, 0.2) is 5.65 Å². The zero-order chi connectivity index (χ0) is 15.1.